The van der Waals surface area contributed by atoms with E-state index in [4.69, 9.17) is 25.7 Å². The molecule has 11 heavy (non-hydrogen) atoms. The molecule has 0 aromatic heterocycles. The first kappa shape index (κ1) is 10.8. The quantitative estimate of drug-likeness (QED) is 0.230. The van der Waals surface area contributed by atoms with Gasteiger partial charge in [-0.3, -0.25) is 5.26 Å². The molecule has 0 bridgehead atoms. The molecule has 0 aliphatic heterocycles. The fourth-order valence-corrected chi connectivity index (χ4v) is 0.539. The van der Waals surface area contributed by atoms with Crippen LogP contribution in [0.5, 0.6) is 0 Å². The zero-order valence-corrected chi connectivity index (χ0v) is 5.79. The number of aliphatic hydroxyl groups is 4. The highest BCUT2D eigenvalue weighted by molar-refractivity contribution is 4.73. The maximum absolute atomic E-state index is 8.87. The molecule has 5 N–H and O–H groups in total. The van der Waals surface area contributed by atoms with Gasteiger partial charge in [-0.2, -0.15) is 0 Å². The topological polar surface area (TPSA) is 110 Å². The normalized spacial score (nSPS) is 19.4. The third kappa shape index (κ3) is 3.61. The summed E-state index contributed by atoms with van der Waals surface area (Å²) in [7, 11) is 0. The molecule has 0 aromatic carbocycles. The van der Waals surface area contributed by atoms with E-state index in [1.54, 1.807) is 0 Å². The minimum Gasteiger partial charge on any atom is -0.394 e. The molecule has 0 radical (unpaired) electrons. The van der Waals surface area contributed by atoms with Crippen LogP contribution in [-0.2, 0) is 4.89 Å². The second kappa shape index (κ2) is 5.42. The molecule has 0 aliphatic rings. The van der Waals surface area contributed by atoms with E-state index in [1.807, 2.05) is 0 Å². The van der Waals surface area contributed by atoms with Gasteiger partial charge in [0.25, 0.3) is 0 Å². The fraction of sp³-hybridized carbons (Fsp3) is 1.00. The first-order valence-electron chi connectivity index (χ1n) is 3.05. The maximum atomic E-state index is 8.87. The van der Waals surface area contributed by atoms with E-state index in [0.29, 0.717) is 0 Å². The van der Waals surface area contributed by atoms with E-state index in [2.05, 4.69) is 4.89 Å². The molecular formula is C5H12O6. The monoisotopic (exact) mass is 168 g/mol. The number of rotatable bonds is 5. The molecule has 0 heterocycles. The molecule has 3 atom stereocenters. The van der Waals surface area contributed by atoms with Gasteiger partial charge in [-0.1, -0.05) is 0 Å². The molecule has 0 aliphatic carbocycles. The second-order valence-corrected chi connectivity index (χ2v) is 2.10. The average Bonchev–Trinajstić information content (AvgIpc) is 2.02. The summed E-state index contributed by atoms with van der Waals surface area (Å²) in [6.45, 7) is -1.18. The van der Waals surface area contributed by atoms with Crippen molar-refractivity contribution in [2.75, 3.05) is 13.2 Å². The third-order valence-corrected chi connectivity index (χ3v) is 1.22. The maximum Gasteiger partial charge on any atom is 0.110 e. The summed E-state index contributed by atoms with van der Waals surface area (Å²) in [6, 6.07) is 0. The van der Waals surface area contributed by atoms with Gasteiger partial charge in [0.15, 0.2) is 0 Å². The van der Waals surface area contributed by atoms with Crippen LogP contribution in [0, 0.1) is 0 Å². The van der Waals surface area contributed by atoms with Crippen LogP contribution in [0.3, 0.4) is 0 Å². The van der Waals surface area contributed by atoms with Gasteiger partial charge in [0.2, 0.25) is 0 Å². The molecule has 0 saturated heterocycles. The van der Waals surface area contributed by atoms with E-state index in [-0.39, 0.29) is 0 Å². The molecule has 0 aromatic rings. The molecular weight excluding hydrogens is 156 g/mol. The predicted molar refractivity (Wildman–Crippen MR) is 33.7 cm³/mol. The molecule has 0 amide bonds. The number of hydrogen-bond donors (Lipinski definition) is 5. The Morgan fingerprint density at radius 2 is 1.64 bits per heavy atom. The van der Waals surface area contributed by atoms with Gasteiger partial charge in [-0.05, 0) is 0 Å². The van der Waals surface area contributed by atoms with Gasteiger partial charge in [0.1, 0.15) is 24.9 Å². The zero-order valence-electron chi connectivity index (χ0n) is 5.79. The van der Waals surface area contributed by atoms with E-state index < -0.39 is 31.5 Å². The van der Waals surface area contributed by atoms with Crippen molar-refractivity contribution in [1.29, 1.82) is 0 Å². The second-order valence-electron chi connectivity index (χ2n) is 2.10. The predicted octanol–water partition coefficient (Wildman–Crippen LogP) is -2.45. The molecule has 6 nitrogen and oxygen atoms in total. The van der Waals surface area contributed by atoms with E-state index in [1.165, 1.54) is 0 Å². The van der Waals surface area contributed by atoms with E-state index in [9.17, 15) is 0 Å². The molecule has 6 heteroatoms. The Bertz CT molecular complexity index is 97.0. The molecule has 0 saturated carbocycles. The highest BCUT2D eigenvalue weighted by Crippen LogP contribution is 1.99. The van der Waals surface area contributed by atoms with Crippen LogP contribution >= 0.6 is 0 Å². The summed E-state index contributed by atoms with van der Waals surface area (Å²) in [5.74, 6) is 0. The third-order valence-electron chi connectivity index (χ3n) is 1.22. The Kier molecular flexibility index (Phi) is 5.30. The highest BCUT2D eigenvalue weighted by Gasteiger charge is 2.23. The lowest BCUT2D eigenvalue weighted by Gasteiger charge is -2.19. The summed E-state index contributed by atoms with van der Waals surface area (Å²) in [4.78, 5) is 3.52. The lowest BCUT2D eigenvalue weighted by Crippen LogP contribution is -2.41. The van der Waals surface area contributed by atoms with Crippen molar-refractivity contribution in [3.63, 3.8) is 0 Å². The van der Waals surface area contributed by atoms with Crippen molar-refractivity contribution in [3.8, 4) is 0 Å². The molecule has 0 fully saturated rings. The van der Waals surface area contributed by atoms with Crippen molar-refractivity contribution in [3.05, 3.63) is 0 Å². The standard InChI is InChI=1S/C5H12O6/c6-1-3(7)5(9)4(8)2-11-10/h3-10H,1-2H2/t3-,4+,5-/m1/s1. The zero-order chi connectivity index (χ0) is 8.85. The molecule has 0 unspecified atom stereocenters. The van der Waals surface area contributed by atoms with Crippen LogP contribution in [-0.4, -0.2) is 57.2 Å². The van der Waals surface area contributed by atoms with Crippen molar-refractivity contribution in [1.82, 2.24) is 0 Å². The molecule has 68 valence electrons. The Labute approximate surface area is 63.2 Å². The Balaban J connectivity index is 3.70. The van der Waals surface area contributed by atoms with E-state index in [0.717, 1.165) is 0 Å². The fourth-order valence-electron chi connectivity index (χ4n) is 0.539. The van der Waals surface area contributed by atoms with Crippen LogP contribution in [0.15, 0.2) is 0 Å². The SMILES string of the molecule is OC[C@@H](O)[C@@H](O)[C@@H](O)COO. The van der Waals surface area contributed by atoms with Gasteiger partial charge < -0.3 is 20.4 Å². The van der Waals surface area contributed by atoms with Gasteiger partial charge >= 0.3 is 0 Å². The first-order chi connectivity index (χ1) is 5.13. The van der Waals surface area contributed by atoms with Gasteiger partial charge in [0.05, 0.1) is 6.61 Å². The lowest BCUT2D eigenvalue weighted by molar-refractivity contribution is -0.266. The lowest BCUT2D eigenvalue weighted by atomic mass is 10.1. The van der Waals surface area contributed by atoms with Gasteiger partial charge in [-0.25, -0.2) is 4.89 Å². The molecule has 0 spiro atoms. The highest BCUT2D eigenvalue weighted by atomic mass is 17.1. The van der Waals surface area contributed by atoms with Crippen LogP contribution < -0.4 is 0 Å². The minimum absolute atomic E-state index is 0.516. The van der Waals surface area contributed by atoms with Crippen molar-refractivity contribution in [2.45, 2.75) is 18.3 Å². The summed E-state index contributed by atoms with van der Waals surface area (Å²) < 4.78 is 0. The first-order valence-corrected chi connectivity index (χ1v) is 3.05. The van der Waals surface area contributed by atoms with Gasteiger partial charge in [0, 0.05) is 0 Å². The summed E-state index contributed by atoms with van der Waals surface area (Å²) in [5.41, 5.74) is 0. The summed E-state index contributed by atoms with van der Waals surface area (Å²) >= 11 is 0. The van der Waals surface area contributed by atoms with Crippen molar-refractivity contribution < 1.29 is 30.6 Å². The number of aliphatic hydroxyl groups excluding tert-OH is 4. The largest absolute Gasteiger partial charge is 0.394 e. The van der Waals surface area contributed by atoms with Gasteiger partial charge in [-0.15, -0.1) is 0 Å². The van der Waals surface area contributed by atoms with Crippen LogP contribution in [0.1, 0.15) is 0 Å². The average molecular weight is 168 g/mol. The Hall–Kier alpha value is -0.240. The van der Waals surface area contributed by atoms with Crippen LogP contribution in [0.2, 0.25) is 0 Å². The van der Waals surface area contributed by atoms with Crippen molar-refractivity contribution >= 4 is 0 Å². The number of hydrogen-bond acceptors (Lipinski definition) is 6. The smallest absolute Gasteiger partial charge is 0.110 e. The Morgan fingerprint density at radius 1 is 1.09 bits per heavy atom. The summed E-state index contributed by atoms with van der Waals surface area (Å²) in [5, 5.41) is 42.5. The van der Waals surface area contributed by atoms with Crippen LogP contribution in [0.4, 0.5) is 0 Å². The Morgan fingerprint density at radius 3 is 2.00 bits per heavy atom. The van der Waals surface area contributed by atoms with E-state index >= 15 is 0 Å². The molecule has 0 rings (SSSR count). The van der Waals surface area contributed by atoms with Crippen LogP contribution in [0.25, 0.3) is 0 Å². The summed E-state index contributed by atoms with van der Waals surface area (Å²) in [6.07, 6.45) is -4.37. The van der Waals surface area contributed by atoms with Crippen molar-refractivity contribution in [2.24, 2.45) is 0 Å². The minimum atomic E-state index is -1.52.